The Morgan fingerprint density at radius 2 is 1.85 bits per heavy atom. The average molecular weight is 182 g/mol. The van der Waals surface area contributed by atoms with Crippen LogP contribution in [0.15, 0.2) is 0 Å². The number of ether oxygens (including phenoxy) is 1. The number of carbonyl (C=O) groups is 1. The third kappa shape index (κ3) is 1.18. The van der Waals surface area contributed by atoms with Crippen LogP contribution in [0, 0.1) is 11.3 Å². The van der Waals surface area contributed by atoms with Crippen LogP contribution in [0.3, 0.4) is 0 Å². The minimum atomic E-state index is -0.154. The molecule has 3 fully saturated rings. The summed E-state index contributed by atoms with van der Waals surface area (Å²) in [7, 11) is 0. The summed E-state index contributed by atoms with van der Waals surface area (Å²) in [6.07, 6.45) is 4.20. The second-order valence-electron chi connectivity index (χ2n) is 5.44. The molecule has 3 aliphatic rings. The normalized spacial score (nSPS) is 39.0. The summed E-state index contributed by atoms with van der Waals surface area (Å²) in [6, 6.07) is 0. The maximum Gasteiger partial charge on any atom is 0.309 e. The lowest BCUT2D eigenvalue weighted by Crippen LogP contribution is -2.55. The number of rotatable bonds is 0. The SMILES string of the molecule is CC(C)(C)C12CCC(CC1)C(=O)O2. The van der Waals surface area contributed by atoms with Crippen LogP contribution in [0.5, 0.6) is 0 Å². The molecule has 0 spiro atoms. The third-order valence-corrected chi connectivity index (χ3v) is 3.79. The Labute approximate surface area is 79.7 Å². The molecule has 2 heterocycles. The van der Waals surface area contributed by atoms with Crippen molar-refractivity contribution in [2.45, 2.75) is 52.1 Å². The molecule has 0 amide bonds. The largest absolute Gasteiger partial charge is 0.458 e. The van der Waals surface area contributed by atoms with Gasteiger partial charge in [0.25, 0.3) is 0 Å². The van der Waals surface area contributed by atoms with E-state index in [9.17, 15) is 4.79 Å². The number of esters is 1. The highest BCUT2D eigenvalue weighted by molar-refractivity contribution is 5.74. The molecule has 2 bridgehead atoms. The molecular weight excluding hydrogens is 164 g/mol. The molecular formula is C11H18O2. The van der Waals surface area contributed by atoms with Crippen molar-refractivity contribution in [3.63, 3.8) is 0 Å². The lowest BCUT2D eigenvalue weighted by Gasteiger charge is -2.52. The van der Waals surface area contributed by atoms with Gasteiger partial charge in [0.1, 0.15) is 5.60 Å². The van der Waals surface area contributed by atoms with Crippen molar-refractivity contribution in [3.8, 4) is 0 Å². The Bertz CT molecular complexity index is 229. The molecule has 0 aromatic heterocycles. The van der Waals surface area contributed by atoms with E-state index in [-0.39, 0.29) is 22.9 Å². The maximum atomic E-state index is 11.5. The van der Waals surface area contributed by atoms with Crippen molar-refractivity contribution >= 4 is 5.97 Å². The zero-order chi connectivity index (χ0) is 9.69. The van der Waals surface area contributed by atoms with Gasteiger partial charge in [-0.1, -0.05) is 20.8 Å². The number of fused-ring (bicyclic) bond motifs is 3. The first-order chi connectivity index (χ1) is 5.95. The first-order valence-electron chi connectivity index (χ1n) is 5.17. The van der Waals surface area contributed by atoms with E-state index in [0.717, 1.165) is 25.7 Å². The first-order valence-corrected chi connectivity index (χ1v) is 5.17. The second kappa shape index (κ2) is 2.49. The highest BCUT2D eigenvalue weighted by atomic mass is 16.6. The summed E-state index contributed by atoms with van der Waals surface area (Å²) in [6.45, 7) is 6.52. The molecule has 0 unspecified atom stereocenters. The van der Waals surface area contributed by atoms with Crippen LogP contribution in [-0.2, 0) is 9.53 Å². The van der Waals surface area contributed by atoms with Crippen molar-refractivity contribution in [1.82, 2.24) is 0 Å². The molecule has 0 aromatic rings. The van der Waals surface area contributed by atoms with E-state index >= 15 is 0 Å². The fourth-order valence-corrected chi connectivity index (χ4v) is 2.60. The van der Waals surface area contributed by atoms with E-state index in [1.165, 1.54) is 0 Å². The van der Waals surface area contributed by atoms with E-state index in [0.29, 0.717) is 0 Å². The minimum Gasteiger partial charge on any atom is -0.458 e. The monoisotopic (exact) mass is 182 g/mol. The van der Waals surface area contributed by atoms with Crippen molar-refractivity contribution in [3.05, 3.63) is 0 Å². The van der Waals surface area contributed by atoms with E-state index in [4.69, 9.17) is 4.74 Å². The Hall–Kier alpha value is -0.530. The second-order valence-corrected chi connectivity index (χ2v) is 5.44. The highest BCUT2D eigenvalue weighted by Gasteiger charge is 2.53. The standard InChI is InChI=1S/C11H18O2/c1-10(2,3)11-6-4-8(5-7-11)9(12)13-11/h8H,4-7H2,1-3H3. The minimum absolute atomic E-state index is 0.0485. The summed E-state index contributed by atoms with van der Waals surface area (Å²) in [4.78, 5) is 11.5. The van der Waals surface area contributed by atoms with Crippen LogP contribution >= 0.6 is 0 Å². The summed E-state index contributed by atoms with van der Waals surface area (Å²) in [5, 5.41) is 0. The van der Waals surface area contributed by atoms with Gasteiger partial charge in [-0.2, -0.15) is 0 Å². The average Bonchev–Trinajstić information content (AvgIpc) is 2.04. The van der Waals surface area contributed by atoms with Gasteiger partial charge < -0.3 is 4.74 Å². The van der Waals surface area contributed by atoms with Gasteiger partial charge in [-0.05, 0) is 25.7 Å². The van der Waals surface area contributed by atoms with Crippen LogP contribution in [0.1, 0.15) is 46.5 Å². The smallest absolute Gasteiger partial charge is 0.309 e. The fourth-order valence-electron chi connectivity index (χ4n) is 2.60. The molecule has 2 heteroatoms. The Balaban J connectivity index is 2.28. The molecule has 1 aliphatic carbocycles. The molecule has 74 valence electrons. The van der Waals surface area contributed by atoms with E-state index in [1.54, 1.807) is 0 Å². The molecule has 13 heavy (non-hydrogen) atoms. The van der Waals surface area contributed by atoms with Crippen LogP contribution in [0.2, 0.25) is 0 Å². The number of carbonyl (C=O) groups excluding carboxylic acids is 1. The molecule has 0 radical (unpaired) electrons. The van der Waals surface area contributed by atoms with E-state index in [2.05, 4.69) is 20.8 Å². The van der Waals surface area contributed by atoms with Gasteiger partial charge in [-0.15, -0.1) is 0 Å². The quantitative estimate of drug-likeness (QED) is 0.538. The van der Waals surface area contributed by atoms with E-state index < -0.39 is 0 Å². The molecule has 0 N–H and O–H groups in total. The Kier molecular flexibility index (Phi) is 1.73. The van der Waals surface area contributed by atoms with Gasteiger partial charge >= 0.3 is 5.97 Å². The Morgan fingerprint density at radius 3 is 2.15 bits per heavy atom. The Morgan fingerprint density at radius 1 is 1.31 bits per heavy atom. The predicted octanol–water partition coefficient (Wildman–Crippen LogP) is 2.52. The summed E-state index contributed by atoms with van der Waals surface area (Å²) >= 11 is 0. The van der Waals surface area contributed by atoms with E-state index in [1.807, 2.05) is 0 Å². The van der Waals surface area contributed by atoms with Crippen LogP contribution in [0.25, 0.3) is 0 Å². The summed E-state index contributed by atoms with van der Waals surface area (Å²) in [5.74, 6) is 0.261. The summed E-state index contributed by atoms with van der Waals surface area (Å²) < 4.78 is 5.60. The molecule has 3 rings (SSSR count). The number of hydrogen-bond acceptors (Lipinski definition) is 2. The summed E-state index contributed by atoms with van der Waals surface area (Å²) in [5.41, 5.74) is -0.0626. The molecule has 2 nitrogen and oxygen atoms in total. The molecule has 1 saturated carbocycles. The zero-order valence-electron chi connectivity index (χ0n) is 8.72. The topological polar surface area (TPSA) is 26.3 Å². The van der Waals surface area contributed by atoms with Crippen molar-refractivity contribution < 1.29 is 9.53 Å². The van der Waals surface area contributed by atoms with Crippen LogP contribution < -0.4 is 0 Å². The van der Waals surface area contributed by atoms with Gasteiger partial charge in [0.15, 0.2) is 0 Å². The van der Waals surface area contributed by atoms with Gasteiger partial charge in [0.2, 0.25) is 0 Å². The molecule has 2 aliphatic heterocycles. The first kappa shape index (κ1) is 9.04. The van der Waals surface area contributed by atoms with Crippen molar-refractivity contribution in [2.24, 2.45) is 11.3 Å². The molecule has 2 saturated heterocycles. The van der Waals surface area contributed by atoms with Gasteiger partial charge in [0.05, 0.1) is 5.92 Å². The predicted molar refractivity (Wildman–Crippen MR) is 50.2 cm³/mol. The zero-order valence-corrected chi connectivity index (χ0v) is 8.72. The van der Waals surface area contributed by atoms with Crippen LogP contribution in [0.4, 0.5) is 0 Å². The maximum absolute atomic E-state index is 11.5. The lowest BCUT2D eigenvalue weighted by molar-refractivity contribution is -0.207. The van der Waals surface area contributed by atoms with Crippen molar-refractivity contribution in [2.75, 3.05) is 0 Å². The van der Waals surface area contributed by atoms with Gasteiger partial charge in [0, 0.05) is 5.41 Å². The highest BCUT2D eigenvalue weighted by Crippen LogP contribution is 2.50. The molecule has 0 aromatic carbocycles. The van der Waals surface area contributed by atoms with Gasteiger partial charge in [-0.25, -0.2) is 0 Å². The fraction of sp³-hybridized carbons (Fsp3) is 0.909. The third-order valence-electron chi connectivity index (χ3n) is 3.79. The van der Waals surface area contributed by atoms with Crippen molar-refractivity contribution in [1.29, 1.82) is 0 Å². The number of hydrogen-bond donors (Lipinski definition) is 0. The molecule has 0 atom stereocenters. The lowest BCUT2D eigenvalue weighted by atomic mass is 9.64. The van der Waals surface area contributed by atoms with Crippen LogP contribution in [-0.4, -0.2) is 11.6 Å². The van der Waals surface area contributed by atoms with Gasteiger partial charge in [-0.3, -0.25) is 4.79 Å².